The van der Waals surface area contributed by atoms with E-state index in [9.17, 15) is 9.59 Å². The van der Waals surface area contributed by atoms with Gasteiger partial charge in [0.2, 0.25) is 5.78 Å². The molecule has 0 aliphatic rings. The Morgan fingerprint density at radius 1 is 1.09 bits per heavy atom. The molecule has 0 aliphatic carbocycles. The topological polar surface area (TPSA) is 75.3 Å². The SMILES string of the molecule is COCCCn1c(C)cc(C(=O)COC(=O)c2c(C)nn(Cc3ccccc3Cl)c2C)c1C. The Labute approximate surface area is 199 Å². The molecule has 0 aliphatic heterocycles. The van der Waals surface area contributed by atoms with Gasteiger partial charge in [-0.05, 0) is 51.8 Å². The first-order valence-corrected chi connectivity index (χ1v) is 11.3. The molecule has 176 valence electrons. The zero-order valence-corrected chi connectivity index (χ0v) is 20.5. The highest BCUT2D eigenvalue weighted by Crippen LogP contribution is 2.21. The van der Waals surface area contributed by atoms with E-state index in [1.54, 1.807) is 18.7 Å². The number of methoxy groups -OCH3 is 1. The fourth-order valence-corrected chi connectivity index (χ4v) is 4.21. The molecule has 0 N–H and O–H groups in total. The molecule has 0 bridgehead atoms. The smallest absolute Gasteiger partial charge is 0.342 e. The van der Waals surface area contributed by atoms with E-state index in [0.29, 0.717) is 40.7 Å². The molecule has 0 atom stereocenters. The number of hydrogen-bond donors (Lipinski definition) is 0. The van der Waals surface area contributed by atoms with Crippen molar-refractivity contribution in [2.24, 2.45) is 0 Å². The standard InChI is InChI=1S/C25H30ClN3O4/c1-16-13-21(18(3)28(16)11-8-12-32-5)23(30)15-33-25(31)24-17(2)27-29(19(24)4)14-20-9-6-7-10-22(20)26/h6-7,9-10,13H,8,11-12,14-15H2,1-5H3. The summed E-state index contributed by atoms with van der Waals surface area (Å²) < 4.78 is 14.3. The molecule has 33 heavy (non-hydrogen) atoms. The first kappa shape index (κ1) is 24.7. The van der Waals surface area contributed by atoms with E-state index in [1.807, 2.05) is 51.1 Å². The van der Waals surface area contributed by atoms with Crippen LogP contribution in [0.2, 0.25) is 5.02 Å². The van der Waals surface area contributed by atoms with Crippen molar-refractivity contribution in [3.8, 4) is 0 Å². The van der Waals surface area contributed by atoms with Gasteiger partial charge < -0.3 is 14.0 Å². The number of aryl methyl sites for hydroxylation is 2. The maximum atomic E-state index is 12.8. The third-order valence-corrected chi connectivity index (χ3v) is 6.17. The monoisotopic (exact) mass is 471 g/mol. The number of ether oxygens (including phenoxy) is 2. The minimum Gasteiger partial charge on any atom is -0.454 e. The number of esters is 1. The minimum atomic E-state index is -0.558. The van der Waals surface area contributed by atoms with Crippen molar-refractivity contribution in [3.05, 3.63) is 74.8 Å². The van der Waals surface area contributed by atoms with Crippen molar-refractivity contribution < 1.29 is 19.1 Å². The zero-order chi connectivity index (χ0) is 24.1. The lowest BCUT2D eigenvalue weighted by molar-refractivity contribution is 0.0473. The first-order chi connectivity index (χ1) is 15.7. The largest absolute Gasteiger partial charge is 0.454 e. The molecular formula is C25H30ClN3O4. The van der Waals surface area contributed by atoms with Crippen LogP contribution in [0.1, 0.15) is 55.5 Å². The van der Waals surface area contributed by atoms with Crippen LogP contribution in [0, 0.1) is 27.7 Å². The predicted octanol–water partition coefficient (Wildman–Crippen LogP) is 4.70. The van der Waals surface area contributed by atoms with E-state index >= 15 is 0 Å². The molecule has 0 unspecified atom stereocenters. The van der Waals surface area contributed by atoms with Crippen LogP contribution < -0.4 is 0 Å². The Morgan fingerprint density at radius 3 is 2.52 bits per heavy atom. The van der Waals surface area contributed by atoms with Crippen molar-refractivity contribution in [1.82, 2.24) is 14.3 Å². The fourth-order valence-electron chi connectivity index (χ4n) is 4.01. The van der Waals surface area contributed by atoms with Gasteiger partial charge in [-0.25, -0.2) is 4.79 Å². The zero-order valence-electron chi connectivity index (χ0n) is 19.8. The van der Waals surface area contributed by atoms with Gasteiger partial charge in [-0.3, -0.25) is 9.48 Å². The van der Waals surface area contributed by atoms with Gasteiger partial charge in [0.25, 0.3) is 0 Å². The van der Waals surface area contributed by atoms with Crippen LogP contribution in [0.5, 0.6) is 0 Å². The van der Waals surface area contributed by atoms with Crippen molar-refractivity contribution in [2.45, 2.75) is 47.2 Å². The molecule has 3 rings (SSSR count). The first-order valence-electron chi connectivity index (χ1n) is 10.9. The van der Waals surface area contributed by atoms with Crippen molar-refractivity contribution in [1.29, 1.82) is 0 Å². The maximum absolute atomic E-state index is 12.8. The van der Waals surface area contributed by atoms with Crippen LogP contribution in [0.3, 0.4) is 0 Å². The summed E-state index contributed by atoms with van der Waals surface area (Å²) in [4.78, 5) is 25.6. The molecule has 0 saturated heterocycles. The van der Waals surface area contributed by atoms with E-state index < -0.39 is 5.97 Å². The molecule has 0 spiro atoms. The molecule has 0 saturated carbocycles. The number of Topliss-reactive ketones (excluding diaryl/α,β-unsaturated/α-hetero) is 1. The molecule has 8 heteroatoms. The lowest BCUT2D eigenvalue weighted by Crippen LogP contribution is -2.16. The molecule has 0 amide bonds. The fraction of sp³-hybridized carbons (Fsp3) is 0.400. The average molecular weight is 472 g/mol. The summed E-state index contributed by atoms with van der Waals surface area (Å²) in [6, 6.07) is 9.35. The van der Waals surface area contributed by atoms with Crippen LogP contribution >= 0.6 is 11.6 Å². The molecule has 7 nitrogen and oxygen atoms in total. The lowest BCUT2D eigenvalue weighted by atomic mass is 10.1. The summed E-state index contributed by atoms with van der Waals surface area (Å²) in [6.07, 6.45) is 0.853. The Morgan fingerprint density at radius 2 is 1.82 bits per heavy atom. The van der Waals surface area contributed by atoms with Crippen molar-refractivity contribution in [2.75, 3.05) is 20.3 Å². The van der Waals surface area contributed by atoms with E-state index in [2.05, 4.69) is 9.67 Å². The number of nitrogens with zero attached hydrogens (tertiary/aromatic N) is 3. The number of carbonyl (C=O) groups excluding carboxylic acids is 2. The maximum Gasteiger partial charge on any atom is 0.342 e. The van der Waals surface area contributed by atoms with Crippen LogP contribution in [0.25, 0.3) is 0 Å². The number of ketones is 1. The Bertz CT molecular complexity index is 1160. The van der Waals surface area contributed by atoms with Gasteiger partial charge in [0.05, 0.1) is 17.9 Å². The number of rotatable bonds is 10. The number of carbonyl (C=O) groups is 2. The molecule has 2 aromatic heterocycles. The van der Waals surface area contributed by atoms with Crippen molar-refractivity contribution >= 4 is 23.4 Å². The number of hydrogen-bond acceptors (Lipinski definition) is 5. The molecule has 1 aromatic carbocycles. The molecule has 0 fully saturated rings. The van der Waals surface area contributed by atoms with Crippen LogP contribution in [0.15, 0.2) is 30.3 Å². The highest BCUT2D eigenvalue weighted by Gasteiger charge is 2.23. The van der Waals surface area contributed by atoms with Crippen LogP contribution in [-0.2, 0) is 22.6 Å². The summed E-state index contributed by atoms with van der Waals surface area (Å²) in [6.45, 7) is 8.96. The summed E-state index contributed by atoms with van der Waals surface area (Å²) in [5, 5.41) is 5.11. The van der Waals surface area contributed by atoms with E-state index in [0.717, 1.165) is 29.9 Å². The van der Waals surface area contributed by atoms with Gasteiger partial charge in [-0.1, -0.05) is 29.8 Å². The lowest BCUT2D eigenvalue weighted by Gasteiger charge is -2.09. The highest BCUT2D eigenvalue weighted by molar-refractivity contribution is 6.31. The molecular weight excluding hydrogens is 442 g/mol. The summed E-state index contributed by atoms with van der Waals surface area (Å²) in [7, 11) is 1.67. The van der Waals surface area contributed by atoms with Gasteiger partial charge in [0.1, 0.15) is 5.56 Å². The van der Waals surface area contributed by atoms with Crippen molar-refractivity contribution in [3.63, 3.8) is 0 Å². The third-order valence-electron chi connectivity index (χ3n) is 5.80. The number of halogens is 1. The summed E-state index contributed by atoms with van der Waals surface area (Å²) >= 11 is 6.26. The van der Waals surface area contributed by atoms with Gasteiger partial charge in [-0.2, -0.15) is 5.10 Å². The minimum absolute atomic E-state index is 0.229. The summed E-state index contributed by atoms with van der Waals surface area (Å²) in [5.74, 6) is -0.786. The van der Waals surface area contributed by atoms with Gasteiger partial charge in [-0.15, -0.1) is 0 Å². The second-order valence-corrected chi connectivity index (χ2v) is 8.48. The second kappa shape index (κ2) is 10.8. The highest BCUT2D eigenvalue weighted by atomic mass is 35.5. The quantitative estimate of drug-likeness (QED) is 0.243. The molecule has 0 radical (unpaired) electrons. The summed E-state index contributed by atoms with van der Waals surface area (Å²) in [5.41, 5.74) is 4.92. The molecule has 3 aromatic rings. The van der Waals surface area contributed by atoms with Crippen LogP contribution in [-0.4, -0.2) is 46.4 Å². The van der Waals surface area contributed by atoms with Gasteiger partial charge >= 0.3 is 5.97 Å². The van der Waals surface area contributed by atoms with Gasteiger partial charge in [0, 0.05) is 42.2 Å². The Balaban J connectivity index is 1.69. The average Bonchev–Trinajstić information content (AvgIpc) is 3.22. The Kier molecular flexibility index (Phi) is 8.10. The third kappa shape index (κ3) is 5.54. The second-order valence-electron chi connectivity index (χ2n) is 8.08. The predicted molar refractivity (Wildman–Crippen MR) is 127 cm³/mol. The van der Waals surface area contributed by atoms with E-state index in [1.165, 1.54) is 0 Å². The van der Waals surface area contributed by atoms with Crippen LogP contribution in [0.4, 0.5) is 0 Å². The normalized spacial score (nSPS) is 11.1. The number of benzene rings is 1. The number of aromatic nitrogens is 3. The Hall–Kier alpha value is -2.90. The van der Waals surface area contributed by atoms with Gasteiger partial charge in [0.15, 0.2) is 6.61 Å². The van der Waals surface area contributed by atoms with E-state index in [4.69, 9.17) is 21.1 Å². The molecule has 2 heterocycles. The van der Waals surface area contributed by atoms with E-state index in [-0.39, 0.29) is 12.4 Å².